The number of cyclic esters (lactones) is 2. The Morgan fingerprint density at radius 3 is 1.96 bits per heavy atom. The summed E-state index contributed by atoms with van der Waals surface area (Å²) < 4.78 is 22.1. The minimum Gasteiger partial charge on any atom is -0.508 e. The third kappa shape index (κ3) is 3.59. The molecule has 0 saturated carbocycles. The average molecular weight is 374 g/mol. The van der Waals surface area contributed by atoms with Crippen LogP contribution in [0.2, 0.25) is 0 Å². The van der Waals surface area contributed by atoms with E-state index < -0.39 is 36.0 Å². The van der Waals surface area contributed by atoms with Crippen LogP contribution in [-0.4, -0.2) is 41.2 Å². The van der Waals surface area contributed by atoms with E-state index in [1.54, 1.807) is 12.1 Å². The molecular formula is C19H23BO7. The molecule has 2 aliphatic heterocycles. The van der Waals surface area contributed by atoms with E-state index in [4.69, 9.17) is 18.8 Å². The minimum absolute atomic E-state index is 0.00872. The number of hydrogen-bond acceptors (Lipinski definition) is 7. The molecule has 0 bridgehead atoms. The molecule has 0 spiro atoms. The van der Waals surface area contributed by atoms with Gasteiger partial charge in [0, 0.05) is 19.3 Å². The lowest BCUT2D eigenvalue weighted by Gasteiger charge is -2.32. The molecule has 0 radical (unpaired) electrons. The van der Waals surface area contributed by atoms with Crippen LogP contribution in [0.3, 0.4) is 0 Å². The summed E-state index contributed by atoms with van der Waals surface area (Å²) in [5, 5.41) is 10.3. The maximum Gasteiger partial charge on any atom is 0.498 e. The van der Waals surface area contributed by atoms with E-state index in [2.05, 4.69) is 0 Å². The highest BCUT2D eigenvalue weighted by Gasteiger charge is 2.52. The second-order valence-electron chi connectivity index (χ2n) is 8.14. The Morgan fingerprint density at radius 2 is 1.44 bits per heavy atom. The van der Waals surface area contributed by atoms with Crippen molar-refractivity contribution in [2.45, 2.75) is 58.5 Å². The van der Waals surface area contributed by atoms with Crippen LogP contribution >= 0.6 is 0 Å². The number of carbonyl (C=O) groups excluding carboxylic acids is 2. The number of carbonyl (C=O) groups is 2. The van der Waals surface area contributed by atoms with Crippen LogP contribution in [0.25, 0.3) is 6.08 Å². The fraction of sp³-hybridized carbons (Fsp3) is 0.474. The van der Waals surface area contributed by atoms with Crippen molar-refractivity contribution in [1.29, 1.82) is 0 Å². The lowest BCUT2D eigenvalue weighted by Crippen LogP contribution is -2.41. The van der Waals surface area contributed by atoms with Gasteiger partial charge in [-0.05, 0) is 45.4 Å². The van der Waals surface area contributed by atoms with Crippen LogP contribution in [0.1, 0.15) is 47.1 Å². The summed E-state index contributed by atoms with van der Waals surface area (Å²) in [6.45, 7) is 10.6. The van der Waals surface area contributed by atoms with Gasteiger partial charge >= 0.3 is 19.1 Å². The first-order chi connectivity index (χ1) is 12.3. The van der Waals surface area contributed by atoms with Gasteiger partial charge in [-0.3, -0.25) is 0 Å². The maximum absolute atomic E-state index is 12.1. The van der Waals surface area contributed by atoms with Gasteiger partial charge in [0.25, 0.3) is 5.79 Å². The Morgan fingerprint density at radius 1 is 0.926 bits per heavy atom. The smallest absolute Gasteiger partial charge is 0.498 e. The molecule has 2 aliphatic rings. The second kappa shape index (κ2) is 6.10. The molecule has 0 aliphatic carbocycles. The molecular weight excluding hydrogens is 351 g/mol. The van der Waals surface area contributed by atoms with E-state index >= 15 is 0 Å². The highest BCUT2D eigenvalue weighted by molar-refractivity contribution is 6.63. The van der Waals surface area contributed by atoms with Gasteiger partial charge in [-0.15, -0.1) is 0 Å². The molecule has 2 heterocycles. The zero-order chi connectivity index (χ0) is 20.2. The van der Waals surface area contributed by atoms with E-state index in [-0.39, 0.29) is 11.3 Å². The van der Waals surface area contributed by atoms with Crippen molar-refractivity contribution < 1.29 is 33.5 Å². The van der Waals surface area contributed by atoms with Gasteiger partial charge in [-0.2, -0.15) is 0 Å². The number of esters is 2. The molecule has 2 fully saturated rings. The van der Waals surface area contributed by atoms with Crippen molar-refractivity contribution in [2.75, 3.05) is 0 Å². The Labute approximate surface area is 158 Å². The fourth-order valence-corrected chi connectivity index (χ4v) is 2.77. The Balaban J connectivity index is 1.93. The van der Waals surface area contributed by atoms with E-state index in [1.165, 1.54) is 26.0 Å². The third-order valence-corrected chi connectivity index (χ3v) is 4.99. The Kier molecular flexibility index (Phi) is 4.40. The van der Waals surface area contributed by atoms with Crippen molar-refractivity contribution >= 4 is 30.6 Å². The summed E-state index contributed by atoms with van der Waals surface area (Å²) >= 11 is 0. The van der Waals surface area contributed by atoms with Gasteiger partial charge in [0.15, 0.2) is 0 Å². The van der Waals surface area contributed by atoms with Gasteiger partial charge in [-0.25, -0.2) is 9.59 Å². The normalized spacial score (nSPS) is 23.0. The number of ether oxygens (including phenoxy) is 2. The van der Waals surface area contributed by atoms with Gasteiger partial charge in [-0.1, -0.05) is 12.1 Å². The molecule has 1 aromatic carbocycles. The van der Waals surface area contributed by atoms with Crippen molar-refractivity contribution in [3.05, 3.63) is 29.3 Å². The van der Waals surface area contributed by atoms with Crippen molar-refractivity contribution in [3.63, 3.8) is 0 Å². The van der Waals surface area contributed by atoms with Crippen molar-refractivity contribution in [2.24, 2.45) is 0 Å². The zero-order valence-electron chi connectivity index (χ0n) is 16.3. The van der Waals surface area contributed by atoms with Crippen molar-refractivity contribution in [3.8, 4) is 5.75 Å². The Bertz CT molecular complexity index is 800. The molecule has 0 atom stereocenters. The number of benzene rings is 1. The lowest BCUT2D eigenvalue weighted by molar-refractivity contribution is -0.222. The number of hydrogen-bond donors (Lipinski definition) is 1. The largest absolute Gasteiger partial charge is 0.508 e. The van der Waals surface area contributed by atoms with E-state index in [9.17, 15) is 14.7 Å². The third-order valence-electron chi connectivity index (χ3n) is 4.99. The summed E-state index contributed by atoms with van der Waals surface area (Å²) in [6, 6.07) is 4.62. The second-order valence-corrected chi connectivity index (χ2v) is 8.14. The van der Waals surface area contributed by atoms with Crippen molar-refractivity contribution in [1.82, 2.24) is 0 Å². The first-order valence-corrected chi connectivity index (χ1v) is 8.68. The van der Waals surface area contributed by atoms with Gasteiger partial charge < -0.3 is 23.9 Å². The zero-order valence-corrected chi connectivity index (χ0v) is 16.3. The number of phenolic OH excluding ortho intramolecular Hbond substituents is 1. The molecule has 0 unspecified atom stereocenters. The molecule has 144 valence electrons. The molecule has 1 N–H and O–H groups in total. The van der Waals surface area contributed by atoms with Crippen LogP contribution in [0.15, 0.2) is 23.8 Å². The standard InChI is InChI=1S/C19H23BO7/c1-17(2)18(3,4)27-20(26-17)13-10-11(7-8-14(13)21)9-12-15(22)24-19(5,6)25-16(12)23/h7-10,21H,1-6H3. The summed E-state index contributed by atoms with van der Waals surface area (Å²) in [7, 11) is -0.780. The molecule has 27 heavy (non-hydrogen) atoms. The monoisotopic (exact) mass is 374 g/mol. The molecule has 0 aromatic heterocycles. The predicted octanol–water partition coefficient (Wildman–Crippen LogP) is 1.91. The molecule has 1 aromatic rings. The fourth-order valence-electron chi connectivity index (χ4n) is 2.77. The topological polar surface area (TPSA) is 91.3 Å². The summed E-state index contributed by atoms with van der Waals surface area (Å²) in [6.07, 6.45) is 1.36. The van der Waals surface area contributed by atoms with Crippen LogP contribution < -0.4 is 5.46 Å². The maximum atomic E-state index is 12.1. The van der Waals surface area contributed by atoms with E-state index in [1.807, 2.05) is 27.7 Å². The highest BCUT2D eigenvalue weighted by Crippen LogP contribution is 2.37. The van der Waals surface area contributed by atoms with Gasteiger partial charge in [0.2, 0.25) is 0 Å². The van der Waals surface area contributed by atoms with Crippen LogP contribution in [0.5, 0.6) is 5.75 Å². The van der Waals surface area contributed by atoms with Crippen LogP contribution in [0.4, 0.5) is 0 Å². The number of phenols is 1. The molecule has 2 saturated heterocycles. The van der Waals surface area contributed by atoms with Crippen LogP contribution in [-0.2, 0) is 28.4 Å². The predicted molar refractivity (Wildman–Crippen MR) is 98.1 cm³/mol. The minimum atomic E-state index is -1.30. The number of rotatable bonds is 2. The Hall–Kier alpha value is -2.32. The highest BCUT2D eigenvalue weighted by atomic mass is 16.7. The lowest BCUT2D eigenvalue weighted by atomic mass is 9.77. The van der Waals surface area contributed by atoms with Crippen LogP contribution in [0, 0.1) is 0 Å². The molecule has 0 amide bonds. The molecule has 7 nitrogen and oxygen atoms in total. The number of aromatic hydroxyl groups is 1. The summed E-state index contributed by atoms with van der Waals surface area (Å²) in [4.78, 5) is 24.2. The average Bonchev–Trinajstić information content (AvgIpc) is 2.71. The van der Waals surface area contributed by atoms with Gasteiger partial charge in [0.1, 0.15) is 11.3 Å². The molecule has 8 heteroatoms. The molecule has 3 rings (SSSR count). The SMILES string of the molecule is CC1(C)OC(=O)C(=Cc2ccc(O)c(B3OC(C)(C)C(C)(C)O3)c2)C(=O)O1. The van der Waals surface area contributed by atoms with E-state index in [0.717, 1.165) is 0 Å². The van der Waals surface area contributed by atoms with E-state index in [0.29, 0.717) is 11.0 Å². The quantitative estimate of drug-likeness (QED) is 0.366. The first kappa shape index (κ1) is 19.4. The summed E-state index contributed by atoms with van der Waals surface area (Å²) in [5.41, 5.74) is -0.454. The summed E-state index contributed by atoms with van der Waals surface area (Å²) in [5.74, 6) is -2.83. The van der Waals surface area contributed by atoms with Gasteiger partial charge in [0.05, 0.1) is 11.2 Å². The first-order valence-electron chi connectivity index (χ1n) is 8.68.